The maximum absolute atomic E-state index is 12.2. The highest BCUT2D eigenvalue weighted by molar-refractivity contribution is 7.89. The molecule has 0 aliphatic rings. The molecule has 0 aliphatic heterocycles. The van der Waals surface area contributed by atoms with Gasteiger partial charge >= 0.3 is 5.97 Å². The molecule has 0 fully saturated rings. The van der Waals surface area contributed by atoms with Crippen LogP contribution < -0.4 is 4.72 Å². The minimum atomic E-state index is -3.63. The molecule has 0 amide bonds. The second-order valence-corrected chi connectivity index (χ2v) is 8.53. The fourth-order valence-corrected chi connectivity index (χ4v) is 3.76. The van der Waals surface area contributed by atoms with Crippen LogP contribution in [0.3, 0.4) is 0 Å². The van der Waals surface area contributed by atoms with Gasteiger partial charge in [-0.3, -0.25) is 0 Å². The fourth-order valence-electron chi connectivity index (χ4n) is 2.38. The van der Waals surface area contributed by atoms with Gasteiger partial charge < -0.3 is 9.15 Å². The van der Waals surface area contributed by atoms with Crippen LogP contribution in [-0.4, -0.2) is 30.6 Å². The van der Waals surface area contributed by atoms with Crippen molar-refractivity contribution in [3.8, 4) is 11.5 Å². The van der Waals surface area contributed by atoms with E-state index in [1.54, 1.807) is 38.1 Å². The van der Waals surface area contributed by atoms with E-state index >= 15 is 0 Å². The van der Waals surface area contributed by atoms with Crippen LogP contribution in [0.15, 0.2) is 57.8 Å². The monoisotopic (exact) mass is 435 g/mol. The molecule has 10 heteroatoms. The maximum Gasteiger partial charge on any atom is 0.338 e. The second kappa shape index (κ2) is 8.73. The van der Waals surface area contributed by atoms with Gasteiger partial charge in [0, 0.05) is 16.6 Å². The number of hydrogen-bond donors (Lipinski definition) is 1. The number of benzene rings is 2. The zero-order chi connectivity index (χ0) is 21.0. The van der Waals surface area contributed by atoms with Gasteiger partial charge in [-0.1, -0.05) is 11.6 Å². The first-order chi connectivity index (χ1) is 13.7. The molecule has 1 N–H and O–H groups in total. The lowest BCUT2D eigenvalue weighted by molar-refractivity contribution is 0.0438. The smallest absolute Gasteiger partial charge is 0.338 e. The summed E-state index contributed by atoms with van der Waals surface area (Å²) in [6.45, 7) is 3.23. The van der Waals surface area contributed by atoms with Crippen LogP contribution in [0.1, 0.15) is 30.1 Å². The zero-order valence-corrected chi connectivity index (χ0v) is 17.2. The third kappa shape index (κ3) is 5.41. The normalized spacial score (nSPS) is 11.6. The van der Waals surface area contributed by atoms with Crippen LogP contribution in [-0.2, 0) is 21.4 Å². The largest absolute Gasteiger partial charge is 0.452 e. The molecule has 0 aliphatic carbocycles. The van der Waals surface area contributed by atoms with E-state index in [1.165, 1.54) is 24.3 Å². The van der Waals surface area contributed by atoms with Gasteiger partial charge in [0.25, 0.3) is 5.89 Å². The first kappa shape index (κ1) is 21.0. The van der Waals surface area contributed by atoms with E-state index < -0.39 is 16.0 Å². The van der Waals surface area contributed by atoms with E-state index in [1.807, 2.05) is 0 Å². The highest BCUT2D eigenvalue weighted by Gasteiger charge is 2.17. The van der Waals surface area contributed by atoms with E-state index in [2.05, 4.69) is 14.9 Å². The van der Waals surface area contributed by atoms with Crippen LogP contribution in [0.25, 0.3) is 11.5 Å². The molecule has 152 valence electrons. The first-order valence-electron chi connectivity index (χ1n) is 8.62. The molecule has 2 aromatic carbocycles. The highest BCUT2D eigenvalue weighted by Crippen LogP contribution is 2.20. The molecule has 3 rings (SSSR count). The van der Waals surface area contributed by atoms with Crippen molar-refractivity contribution < 1.29 is 22.4 Å². The molecule has 0 spiro atoms. The number of rotatable bonds is 7. The Morgan fingerprint density at radius 2 is 1.76 bits per heavy atom. The Morgan fingerprint density at radius 1 is 1.10 bits per heavy atom. The Morgan fingerprint density at radius 3 is 2.38 bits per heavy atom. The fraction of sp³-hybridized carbons (Fsp3) is 0.211. The van der Waals surface area contributed by atoms with Gasteiger partial charge in [0.1, 0.15) is 0 Å². The quantitative estimate of drug-likeness (QED) is 0.566. The lowest BCUT2D eigenvalue weighted by Gasteiger charge is -2.09. The van der Waals surface area contributed by atoms with Crippen molar-refractivity contribution in [3.05, 3.63) is 65.0 Å². The van der Waals surface area contributed by atoms with Gasteiger partial charge in [-0.2, -0.15) is 0 Å². The van der Waals surface area contributed by atoms with Gasteiger partial charge in [-0.05, 0) is 62.4 Å². The Hall–Kier alpha value is -2.75. The van der Waals surface area contributed by atoms with Crippen molar-refractivity contribution in [3.63, 3.8) is 0 Å². The summed E-state index contributed by atoms with van der Waals surface area (Å²) < 4.78 is 37.3. The van der Waals surface area contributed by atoms with Crippen LogP contribution in [0.2, 0.25) is 5.02 Å². The molecule has 29 heavy (non-hydrogen) atoms. The molecule has 0 radical (unpaired) electrons. The first-order valence-corrected chi connectivity index (χ1v) is 10.5. The van der Waals surface area contributed by atoms with E-state index in [0.717, 1.165) is 0 Å². The lowest BCUT2D eigenvalue weighted by atomic mass is 10.2. The Balaban J connectivity index is 1.62. The zero-order valence-electron chi connectivity index (χ0n) is 15.6. The van der Waals surface area contributed by atoms with E-state index in [4.69, 9.17) is 20.8 Å². The van der Waals surface area contributed by atoms with E-state index in [9.17, 15) is 13.2 Å². The number of carbonyl (C=O) groups excluding carboxylic acids is 1. The van der Waals surface area contributed by atoms with Gasteiger partial charge in [0.05, 0.1) is 10.5 Å². The predicted molar refractivity (Wildman–Crippen MR) is 106 cm³/mol. The number of aromatic nitrogens is 2. The molecule has 1 aromatic heterocycles. The number of hydrogen-bond acceptors (Lipinski definition) is 7. The van der Waals surface area contributed by atoms with Crippen LogP contribution >= 0.6 is 11.6 Å². The van der Waals surface area contributed by atoms with Crippen molar-refractivity contribution in [1.29, 1.82) is 0 Å². The minimum absolute atomic E-state index is 0.0623. The summed E-state index contributed by atoms with van der Waals surface area (Å²) in [5.41, 5.74) is 0.886. The van der Waals surface area contributed by atoms with Gasteiger partial charge in [-0.15, -0.1) is 10.2 Å². The number of carbonyl (C=O) groups is 1. The molecule has 0 bridgehead atoms. The lowest BCUT2D eigenvalue weighted by Crippen LogP contribution is -2.30. The third-order valence-corrected chi connectivity index (χ3v) is 5.60. The minimum Gasteiger partial charge on any atom is -0.452 e. The van der Waals surface area contributed by atoms with Gasteiger partial charge in [0.15, 0.2) is 6.61 Å². The number of sulfonamides is 1. The third-order valence-electron chi connectivity index (χ3n) is 3.68. The molecule has 8 nitrogen and oxygen atoms in total. The predicted octanol–water partition coefficient (Wildman–Crippen LogP) is 3.43. The Labute approximate surface area is 172 Å². The maximum atomic E-state index is 12.2. The standard InChI is InChI=1S/C19H18ClN3O5S/c1-12(2)23-29(25,26)16-9-5-14(6-10-16)19(24)27-11-17-21-22-18(28-17)13-3-7-15(20)8-4-13/h3-10,12,23H,11H2,1-2H3. The van der Waals surface area contributed by atoms with Crippen molar-refractivity contribution in [2.24, 2.45) is 0 Å². The van der Waals surface area contributed by atoms with Crippen molar-refractivity contribution in [1.82, 2.24) is 14.9 Å². The molecular formula is C19H18ClN3O5S. The Kier molecular flexibility index (Phi) is 6.31. The van der Waals surface area contributed by atoms with Crippen molar-refractivity contribution >= 4 is 27.6 Å². The van der Waals surface area contributed by atoms with Crippen LogP contribution in [0, 0.1) is 0 Å². The number of halogens is 1. The van der Waals surface area contributed by atoms with Crippen LogP contribution in [0.4, 0.5) is 0 Å². The van der Waals surface area contributed by atoms with Crippen molar-refractivity contribution in [2.45, 2.75) is 31.4 Å². The van der Waals surface area contributed by atoms with Crippen LogP contribution in [0.5, 0.6) is 0 Å². The number of ether oxygens (including phenoxy) is 1. The topological polar surface area (TPSA) is 111 Å². The summed E-state index contributed by atoms with van der Waals surface area (Å²) in [5, 5.41) is 8.33. The number of nitrogens with zero attached hydrogens (tertiary/aromatic N) is 2. The SMILES string of the molecule is CC(C)NS(=O)(=O)c1ccc(C(=O)OCc2nnc(-c3ccc(Cl)cc3)o2)cc1. The molecule has 3 aromatic rings. The van der Waals surface area contributed by atoms with Gasteiger partial charge in [0.2, 0.25) is 15.9 Å². The number of esters is 1. The molecule has 1 heterocycles. The summed E-state index contributed by atoms with van der Waals surface area (Å²) in [5.74, 6) is -0.236. The summed E-state index contributed by atoms with van der Waals surface area (Å²) in [6.07, 6.45) is 0. The Bertz CT molecular complexity index is 1090. The molecule has 0 unspecified atom stereocenters. The molecule has 0 saturated heterocycles. The van der Waals surface area contributed by atoms with E-state index in [-0.39, 0.29) is 34.9 Å². The summed E-state index contributed by atoms with van der Waals surface area (Å²) in [6, 6.07) is 12.1. The average Bonchev–Trinajstić information content (AvgIpc) is 3.15. The van der Waals surface area contributed by atoms with E-state index in [0.29, 0.717) is 10.6 Å². The summed E-state index contributed by atoms with van der Waals surface area (Å²) in [7, 11) is -3.63. The average molecular weight is 436 g/mol. The molecule has 0 saturated carbocycles. The molecular weight excluding hydrogens is 418 g/mol. The van der Waals surface area contributed by atoms with Crippen molar-refractivity contribution in [2.75, 3.05) is 0 Å². The molecule has 0 atom stereocenters. The second-order valence-electron chi connectivity index (χ2n) is 6.38. The summed E-state index contributed by atoms with van der Waals surface area (Å²) >= 11 is 5.84. The summed E-state index contributed by atoms with van der Waals surface area (Å²) in [4.78, 5) is 12.2. The number of nitrogens with one attached hydrogen (secondary N) is 1. The van der Waals surface area contributed by atoms with Gasteiger partial charge in [-0.25, -0.2) is 17.9 Å². The highest BCUT2D eigenvalue weighted by atomic mass is 35.5.